The number of carbonyl (C=O) groups is 1. The summed E-state index contributed by atoms with van der Waals surface area (Å²) >= 11 is 0. The molecule has 0 aliphatic carbocycles. The Balaban J connectivity index is 2.10. The van der Waals surface area contributed by atoms with Crippen molar-refractivity contribution >= 4 is 11.6 Å². The normalized spacial score (nSPS) is 19.0. The van der Waals surface area contributed by atoms with Crippen molar-refractivity contribution in [1.82, 2.24) is 5.32 Å². The van der Waals surface area contributed by atoms with E-state index in [1.54, 1.807) is 0 Å². The molecule has 0 saturated carbocycles. The highest BCUT2D eigenvalue weighted by Gasteiger charge is 2.21. The smallest absolute Gasteiger partial charge is 0.222 e. The minimum absolute atomic E-state index is 0.0356. The largest absolute Gasteiger partial charge is 0.378 e. The van der Waals surface area contributed by atoms with Crippen LogP contribution in [0, 0.1) is 17.1 Å². The Morgan fingerprint density at radius 1 is 1.56 bits per heavy atom. The molecule has 1 amide bonds. The second-order valence-corrected chi connectivity index (χ2v) is 3.66. The Morgan fingerprint density at radius 3 is 2.94 bits per heavy atom. The van der Waals surface area contributed by atoms with Crippen molar-refractivity contribution in [2.75, 3.05) is 11.9 Å². The first-order valence-corrected chi connectivity index (χ1v) is 4.92. The monoisotopic (exact) mass is 219 g/mol. The van der Waals surface area contributed by atoms with E-state index in [0.717, 1.165) is 0 Å². The Kier molecular flexibility index (Phi) is 2.73. The van der Waals surface area contributed by atoms with E-state index in [9.17, 15) is 9.18 Å². The standard InChI is InChI=1S/C11H10FN3O/c12-9-3-7(5-13)1-2-10(9)15-8-4-11(16)14-6-8/h1-3,8,15H,4,6H2,(H,14,16)/t8-/m1/s1. The first kappa shape index (κ1) is 10.4. The Hall–Kier alpha value is -2.09. The molecule has 0 bridgehead atoms. The van der Waals surface area contributed by atoms with E-state index < -0.39 is 5.82 Å². The van der Waals surface area contributed by atoms with Crippen molar-refractivity contribution < 1.29 is 9.18 Å². The average molecular weight is 219 g/mol. The topological polar surface area (TPSA) is 64.9 Å². The van der Waals surface area contributed by atoms with Crippen molar-refractivity contribution in [3.8, 4) is 6.07 Å². The predicted octanol–water partition coefficient (Wildman–Crippen LogP) is 0.998. The van der Waals surface area contributed by atoms with Crippen LogP contribution in [-0.2, 0) is 4.79 Å². The molecule has 1 heterocycles. The van der Waals surface area contributed by atoms with Crippen molar-refractivity contribution in [3.05, 3.63) is 29.6 Å². The van der Waals surface area contributed by atoms with Crippen LogP contribution in [0.1, 0.15) is 12.0 Å². The average Bonchev–Trinajstić information content (AvgIpc) is 2.67. The van der Waals surface area contributed by atoms with Gasteiger partial charge in [0.2, 0.25) is 5.91 Å². The van der Waals surface area contributed by atoms with Gasteiger partial charge in [0.05, 0.1) is 23.4 Å². The second-order valence-electron chi connectivity index (χ2n) is 3.66. The van der Waals surface area contributed by atoms with E-state index in [2.05, 4.69) is 10.6 Å². The third kappa shape index (κ3) is 2.11. The number of benzene rings is 1. The summed E-state index contributed by atoms with van der Waals surface area (Å²) in [7, 11) is 0. The van der Waals surface area contributed by atoms with Crippen molar-refractivity contribution in [3.63, 3.8) is 0 Å². The summed E-state index contributed by atoms with van der Waals surface area (Å²) in [6.45, 7) is 0.498. The molecule has 0 unspecified atom stereocenters. The number of carbonyl (C=O) groups excluding carboxylic acids is 1. The minimum Gasteiger partial charge on any atom is -0.378 e. The Morgan fingerprint density at radius 2 is 2.38 bits per heavy atom. The van der Waals surface area contributed by atoms with Gasteiger partial charge >= 0.3 is 0 Å². The SMILES string of the molecule is N#Cc1ccc(N[C@H]2CNC(=O)C2)c(F)c1. The number of amides is 1. The quantitative estimate of drug-likeness (QED) is 0.779. The molecule has 0 radical (unpaired) electrons. The zero-order valence-electron chi connectivity index (χ0n) is 8.46. The van der Waals surface area contributed by atoms with Crippen LogP contribution in [0.2, 0.25) is 0 Å². The van der Waals surface area contributed by atoms with E-state index in [1.807, 2.05) is 6.07 Å². The number of hydrogen-bond acceptors (Lipinski definition) is 3. The molecule has 0 spiro atoms. The fourth-order valence-corrected chi connectivity index (χ4v) is 1.63. The lowest BCUT2D eigenvalue weighted by molar-refractivity contribution is -0.119. The zero-order valence-corrected chi connectivity index (χ0v) is 8.46. The van der Waals surface area contributed by atoms with E-state index >= 15 is 0 Å². The summed E-state index contributed by atoms with van der Waals surface area (Å²) in [5.41, 5.74) is 0.601. The molecule has 1 fully saturated rings. The highest BCUT2D eigenvalue weighted by Crippen LogP contribution is 2.17. The Bertz CT molecular complexity index is 467. The maximum Gasteiger partial charge on any atom is 0.222 e. The minimum atomic E-state index is -0.474. The molecule has 1 aliphatic heterocycles. The third-order valence-corrected chi connectivity index (χ3v) is 2.44. The number of rotatable bonds is 2. The van der Waals surface area contributed by atoms with Gasteiger partial charge in [0, 0.05) is 13.0 Å². The van der Waals surface area contributed by atoms with Gasteiger partial charge in [-0.15, -0.1) is 0 Å². The third-order valence-electron chi connectivity index (χ3n) is 2.44. The molecule has 16 heavy (non-hydrogen) atoms. The highest BCUT2D eigenvalue weighted by atomic mass is 19.1. The molecule has 1 atom stereocenters. The lowest BCUT2D eigenvalue weighted by atomic mass is 10.2. The van der Waals surface area contributed by atoms with Gasteiger partial charge in [-0.2, -0.15) is 5.26 Å². The number of halogens is 1. The zero-order chi connectivity index (χ0) is 11.5. The molecule has 82 valence electrons. The molecule has 2 N–H and O–H groups in total. The van der Waals surface area contributed by atoms with Gasteiger partial charge in [0.15, 0.2) is 0 Å². The molecule has 2 rings (SSSR count). The first-order chi connectivity index (χ1) is 7.69. The summed E-state index contributed by atoms with van der Waals surface area (Å²) in [5, 5.41) is 14.2. The molecule has 1 aromatic carbocycles. The molecule has 5 heteroatoms. The van der Waals surface area contributed by atoms with E-state index in [1.165, 1.54) is 18.2 Å². The number of nitriles is 1. The fourth-order valence-electron chi connectivity index (χ4n) is 1.63. The van der Waals surface area contributed by atoms with Gasteiger partial charge in [0.1, 0.15) is 5.82 Å². The second kappa shape index (κ2) is 4.19. The summed E-state index contributed by atoms with van der Waals surface area (Å²) < 4.78 is 13.5. The molecule has 1 aliphatic rings. The summed E-state index contributed by atoms with van der Waals surface area (Å²) in [5.74, 6) is -0.509. The van der Waals surface area contributed by atoms with Crippen LogP contribution in [-0.4, -0.2) is 18.5 Å². The summed E-state index contributed by atoms with van der Waals surface area (Å²) in [6, 6.07) is 5.99. The highest BCUT2D eigenvalue weighted by molar-refractivity contribution is 5.79. The maximum atomic E-state index is 13.5. The van der Waals surface area contributed by atoms with E-state index in [0.29, 0.717) is 18.7 Å². The number of anilines is 1. The van der Waals surface area contributed by atoms with Gasteiger partial charge < -0.3 is 10.6 Å². The summed E-state index contributed by atoms with van der Waals surface area (Å²) in [4.78, 5) is 10.9. The van der Waals surface area contributed by atoms with Gasteiger partial charge in [-0.1, -0.05) is 0 Å². The molecular formula is C11H10FN3O. The number of hydrogen-bond donors (Lipinski definition) is 2. The lowest BCUT2D eigenvalue weighted by Crippen LogP contribution is -2.22. The molecule has 0 aromatic heterocycles. The van der Waals surface area contributed by atoms with Gasteiger partial charge in [-0.25, -0.2) is 4.39 Å². The Labute approximate surface area is 92.1 Å². The lowest BCUT2D eigenvalue weighted by Gasteiger charge is -2.12. The van der Waals surface area contributed by atoms with Crippen LogP contribution in [0.25, 0.3) is 0 Å². The van der Waals surface area contributed by atoms with Crippen LogP contribution in [0.4, 0.5) is 10.1 Å². The first-order valence-electron chi connectivity index (χ1n) is 4.92. The van der Waals surface area contributed by atoms with Crippen LogP contribution in [0.3, 0.4) is 0 Å². The fraction of sp³-hybridized carbons (Fsp3) is 0.273. The number of nitrogens with one attached hydrogen (secondary N) is 2. The number of nitrogens with zero attached hydrogens (tertiary/aromatic N) is 1. The van der Waals surface area contributed by atoms with Crippen LogP contribution >= 0.6 is 0 Å². The molecule has 1 aromatic rings. The van der Waals surface area contributed by atoms with Crippen molar-refractivity contribution in [2.24, 2.45) is 0 Å². The van der Waals surface area contributed by atoms with Crippen molar-refractivity contribution in [2.45, 2.75) is 12.5 Å². The maximum absolute atomic E-state index is 13.5. The molecular weight excluding hydrogens is 209 g/mol. The molecule has 1 saturated heterocycles. The van der Waals surface area contributed by atoms with Gasteiger partial charge in [-0.3, -0.25) is 4.79 Å². The van der Waals surface area contributed by atoms with Crippen LogP contribution in [0.15, 0.2) is 18.2 Å². The molecule has 4 nitrogen and oxygen atoms in total. The predicted molar refractivity (Wildman–Crippen MR) is 56.2 cm³/mol. The van der Waals surface area contributed by atoms with Gasteiger partial charge in [0.25, 0.3) is 0 Å². The summed E-state index contributed by atoms with van der Waals surface area (Å²) in [6.07, 6.45) is 0.347. The van der Waals surface area contributed by atoms with Crippen molar-refractivity contribution in [1.29, 1.82) is 5.26 Å². The van der Waals surface area contributed by atoms with E-state index in [-0.39, 0.29) is 17.5 Å². The van der Waals surface area contributed by atoms with Crippen LogP contribution in [0.5, 0.6) is 0 Å². The van der Waals surface area contributed by atoms with Gasteiger partial charge in [-0.05, 0) is 18.2 Å². The van der Waals surface area contributed by atoms with Crippen LogP contribution < -0.4 is 10.6 Å². The van der Waals surface area contributed by atoms with E-state index in [4.69, 9.17) is 5.26 Å².